The van der Waals surface area contributed by atoms with Crippen LogP contribution in [0, 0.1) is 0 Å². The molecule has 0 unspecified atom stereocenters. The lowest BCUT2D eigenvalue weighted by molar-refractivity contribution is 0.0696. The minimum Gasteiger partial charge on any atom is -0.478 e. The van der Waals surface area contributed by atoms with Gasteiger partial charge in [0.2, 0.25) is 0 Å². The Hall–Kier alpha value is -2.25. The van der Waals surface area contributed by atoms with Crippen LogP contribution in [0.3, 0.4) is 0 Å². The molecule has 0 aliphatic carbocycles. The van der Waals surface area contributed by atoms with E-state index in [1.165, 1.54) is 6.42 Å². The van der Waals surface area contributed by atoms with Crippen molar-refractivity contribution < 1.29 is 14.6 Å². The molecule has 2 aromatic rings. The van der Waals surface area contributed by atoms with E-state index in [0.29, 0.717) is 18.1 Å². The minimum absolute atomic E-state index is 0.113. The van der Waals surface area contributed by atoms with E-state index in [-0.39, 0.29) is 11.6 Å². The van der Waals surface area contributed by atoms with Crippen LogP contribution in [0.2, 0.25) is 0 Å². The smallest absolute Gasteiger partial charge is 0.337 e. The lowest BCUT2D eigenvalue weighted by Gasteiger charge is -2.25. The van der Waals surface area contributed by atoms with Crippen molar-refractivity contribution in [3.05, 3.63) is 41.5 Å². The van der Waals surface area contributed by atoms with E-state index in [9.17, 15) is 9.90 Å². The number of likely N-dealkylation sites (tertiary alicyclic amines) is 1. The largest absolute Gasteiger partial charge is 0.478 e. The molecule has 1 aliphatic heterocycles. The van der Waals surface area contributed by atoms with Gasteiger partial charge < -0.3 is 9.84 Å². The fourth-order valence-electron chi connectivity index (χ4n) is 3.37. The van der Waals surface area contributed by atoms with E-state index >= 15 is 0 Å². The first-order valence-electron chi connectivity index (χ1n) is 8.59. The lowest BCUT2D eigenvalue weighted by atomic mass is 10.1. The number of benzene rings is 1. The van der Waals surface area contributed by atoms with E-state index in [1.807, 2.05) is 6.07 Å². The summed E-state index contributed by atoms with van der Waals surface area (Å²) in [6.07, 6.45) is 4.47. The van der Waals surface area contributed by atoms with Crippen LogP contribution >= 0.6 is 0 Å². The Labute approximate surface area is 147 Å². The average Bonchev–Trinajstić information content (AvgIpc) is 2.89. The molecule has 3 rings (SSSR count). The Bertz CT molecular complexity index is 744. The van der Waals surface area contributed by atoms with Gasteiger partial charge in [-0.1, -0.05) is 25.0 Å². The number of carbonyl (C=O) groups is 1. The third-order valence-corrected chi connectivity index (χ3v) is 4.63. The third kappa shape index (κ3) is 3.72. The van der Waals surface area contributed by atoms with Gasteiger partial charge in [0.25, 0.3) is 0 Å². The van der Waals surface area contributed by atoms with Crippen LogP contribution in [-0.2, 0) is 11.3 Å². The van der Waals surface area contributed by atoms with Crippen molar-refractivity contribution in [1.82, 2.24) is 19.7 Å². The van der Waals surface area contributed by atoms with Crippen molar-refractivity contribution in [2.24, 2.45) is 0 Å². The third-order valence-electron chi connectivity index (χ3n) is 4.63. The maximum Gasteiger partial charge on any atom is 0.337 e. The molecule has 1 N–H and O–H groups in total. The minimum atomic E-state index is -0.973. The van der Waals surface area contributed by atoms with E-state index in [1.54, 1.807) is 30.0 Å². The Morgan fingerprint density at radius 2 is 2.12 bits per heavy atom. The lowest BCUT2D eigenvalue weighted by Crippen LogP contribution is -2.27. The van der Waals surface area contributed by atoms with Gasteiger partial charge in [-0.05, 0) is 38.6 Å². The highest BCUT2D eigenvalue weighted by atomic mass is 16.5. The van der Waals surface area contributed by atoms with Crippen molar-refractivity contribution >= 4 is 5.97 Å². The molecule has 1 aromatic heterocycles. The monoisotopic (exact) mass is 344 g/mol. The van der Waals surface area contributed by atoms with E-state index < -0.39 is 5.97 Å². The molecule has 1 aromatic carbocycles. The molecule has 0 amide bonds. The van der Waals surface area contributed by atoms with Gasteiger partial charge in [-0.15, -0.1) is 5.10 Å². The number of aromatic carboxylic acids is 1. The van der Waals surface area contributed by atoms with Gasteiger partial charge in [-0.2, -0.15) is 0 Å². The molecule has 0 bridgehead atoms. The summed E-state index contributed by atoms with van der Waals surface area (Å²) in [5, 5.41) is 14.1. The molecular weight excluding hydrogens is 320 g/mol. The summed E-state index contributed by atoms with van der Waals surface area (Å²) in [5.74, 6) is 0.375. The second-order valence-corrected chi connectivity index (χ2v) is 6.40. The van der Waals surface area contributed by atoms with Gasteiger partial charge in [0, 0.05) is 7.11 Å². The number of hydrogen-bond donors (Lipinski definition) is 1. The summed E-state index contributed by atoms with van der Waals surface area (Å²) >= 11 is 0. The molecule has 2 heterocycles. The Kier molecular flexibility index (Phi) is 5.45. The highest BCUT2D eigenvalue weighted by Gasteiger charge is 2.27. The molecule has 7 nitrogen and oxygen atoms in total. The fraction of sp³-hybridized carbons (Fsp3) is 0.500. The van der Waals surface area contributed by atoms with Crippen LogP contribution in [0.15, 0.2) is 24.3 Å². The second kappa shape index (κ2) is 7.76. The van der Waals surface area contributed by atoms with Crippen LogP contribution in [0.5, 0.6) is 0 Å². The molecule has 25 heavy (non-hydrogen) atoms. The predicted molar refractivity (Wildman–Crippen MR) is 92.9 cm³/mol. The first-order valence-corrected chi connectivity index (χ1v) is 8.59. The van der Waals surface area contributed by atoms with Crippen LogP contribution < -0.4 is 0 Å². The summed E-state index contributed by atoms with van der Waals surface area (Å²) in [7, 11) is 3.69. The Morgan fingerprint density at radius 3 is 2.88 bits per heavy atom. The van der Waals surface area contributed by atoms with E-state index in [4.69, 9.17) is 4.74 Å². The van der Waals surface area contributed by atoms with E-state index in [2.05, 4.69) is 22.0 Å². The zero-order valence-electron chi connectivity index (χ0n) is 14.7. The number of rotatable bonds is 5. The van der Waals surface area contributed by atoms with Crippen LogP contribution in [0.1, 0.15) is 53.7 Å². The van der Waals surface area contributed by atoms with E-state index in [0.717, 1.165) is 31.6 Å². The van der Waals surface area contributed by atoms with Crippen molar-refractivity contribution in [1.29, 1.82) is 0 Å². The maximum absolute atomic E-state index is 11.6. The number of carboxylic acid groups (broad SMARTS) is 1. The number of carboxylic acids is 1. The molecule has 0 saturated carbocycles. The Morgan fingerprint density at radius 1 is 1.32 bits per heavy atom. The standard InChI is InChI=1S/C18H24N4O3/c1-21-11-7-3-4-10-15(21)17-19-16(12-25-2)20-22(17)14-9-6-5-8-13(14)18(23)24/h5-6,8-9,15H,3-4,7,10-12H2,1-2H3,(H,23,24)/t15-/m1/s1. The van der Waals surface area contributed by atoms with Crippen LogP contribution in [-0.4, -0.2) is 51.4 Å². The van der Waals surface area contributed by atoms with Gasteiger partial charge in [-0.25, -0.2) is 14.5 Å². The first kappa shape index (κ1) is 17.6. The molecule has 0 radical (unpaired) electrons. The summed E-state index contributed by atoms with van der Waals surface area (Å²) in [5.41, 5.74) is 0.756. The number of ether oxygens (including phenoxy) is 1. The van der Waals surface area contributed by atoms with Gasteiger partial charge in [0.15, 0.2) is 5.82 Å². The fourth-order valence-corrected chi connectivity index (χ4v) is 3.37. The van der Waals surface area contributed by atoms with Crippen molar-refractivity contribution in [2.45, 2.75) is 38.3 Å². The molecule has 0 spiro atoms. The van der Waals surface area contributed by atoms with Crippen molar-refractivity contribution in [2.75, 3.05) is 20.7 Å². The zero-order valence-corrected chi connectivity index (χ0v) is 14.7. The van der Waals surface area contributed by atoms with Crippen LogP contribution in [0.4, 0.5) is 0 Å². The van der Waals surface area contributed by atoms with Crippen molar-refractivity contribution in [3.8, 4) is 5.69 Å². The summed E-state index contributed by atoms with van der Waals surface area (Å²) in [6.45, 7) is 1.30. The molecule has 7 heteroatoms. The summed E-state index contributed by atoms with van der Waals surface area (Å²) in [6, 6.07) is 7.02. The maximum atomic E-state index is 11.6. The molecule has 1 aliphatic rings. The SMILES string of the molecule is COCc1nc([C@H]2CCCCCN2C)n(-c2ccccc2C(=O)O)n1. The number of methoxy groups -OCH3 is 1. The number of hydrogen-bond acceptors (Lipinski definition) is 5. The highest BCUT2D eigenvalue weighted by molar-refractivity contribution is 5.91. The summed E-state index contributed by atoms with van der Waals surface area (Å²) < 4.78 is 6.87. The number of nitrogens with zero attached hydrogens (tertiary/aromatic N) is 4. The van der Waals surface area contributed by atoms with Gasteiger partial charge in [0.05, 0.1) is 17.3 Å². The van der Waals surface area contributed by atoms with Crippen LogP contribution in [0.25, 0.3) is 5.69 Å². The average molecular weight is 344 g/mol. The molecule has 134 valence electrons. The predicted octanol–water partition coefficient (Wildman–Crippen LogP) is 2.66. The van der Waals surface area contributed by atoms with Gasteiger partial charge in [-0.3, -0.25) is 4.90 Å². The molecule has 1 saturated heterocycles. The topological polar surface area (TPSA) is 80.5 Å². The normalized spacial score (nSPS) is 18.9. The number of para-hydroxylation sites is 1. The molecular formula is C18H24N4O3. The Balaban J connectivity index is 2.11. The molecule has 1 fully saturated rings. The quantitative estimate of drug-likeness (QED) is 0.898. The first-order chi connectivity index (χ1) is 12.1. The van der Waals surface area contributed by atoms with Gasteiger partial charge >= 0.3 is 5.97 Å². The van der Waals surface area contributed by atoms with Gasteiger partial charge in [0.1, 0.15) is 12.4 Å². The second-order valence-electron chi connectivity index (χ2n) is 6.40. The highest BCUT2D eigenvalue weighted by Crippen LogP contribution is 2.30. The molecule has 1 atom stereocenters. The number of aromatic nitrogens is 3. The van der Waals surface area contributed by atoms with Crippen molar-refractivity contribution in [3.63, 3.8) is 0 Å². The summed E-state index contributed by atoms with van der Waals surface area (Å²) in [4.78, 5) is 18.6. The zero-order chi connectivity index (χ0) is 17.8.